The average molecular weight is 607 g/mol. The fraction of sp³-hybridized carbons (Fsp3) is 0.206. The zero-order chi connectivity index (χ0) is 30.4. The summed E-state index contributed by atoms with van der Waals surface area (Å²) in [5.41, 5.74) is 3.67. The Labute approximate surface area is 260 Å². The van der Waals surface area contributed by atoms with Gasteiger partial charge < -0.3 is 15.0 Å². The third-order valence-corrected chi connectivity index (χ3v) is 8.12. The van der Waals surface area contributed by atoms with Gasteiger partial charge in [-0.05, 0) is 71.5 Å². The van der Waals surface area contributed by atoms with Crippen molar-refractivity contribution in [2.24, 2.45) is 0 Å². The Kier molecular flexibility index (Phi) is 8.65. The van der Waals surface area contributed by atoms with Gasteiger partial charge in [-0.3, -0.25) is 9.59 Å². The first-order valence-corrected chi connectivity index (χ1v) is 14.8. The number of aromatic nitrogens is 4. The SMILES string of the molecule is O=C(Cc1ccc(OCc2ccccc2)cc1)NC1(c2nn[nH]n2)CCN(C(=O)c2ccc(-c3cccc(Cl)c3)cc2)CC1. The number of hydrogen-bond donors (Lipinski definition) is 2. The van der Waals surface area contributed by atoms with Crippen LogP contribution in [0.25, 0.3) is 11.1 Å². The number of nitrogens with zero attached hydrogens (tertiary/aromatic N) is 4. The Morgan fingerprint density at radius 1 is 0.864 bits per heavy atom. The van der Waals surface area contributed by atoms with Gasteiger partial charge in [-0.2, -0.15) is 5.21 Å². The zero-order valence-electron chi connectivity index (χ0n) is 23.9. The molecular weight excluding hydrogens is 576 g/mol. The van der Waals surface area contributed by atoms with Crippen molar-refractivity contribution in [1.29, 1.82) is 0 Å². The molecule has 2 amide bonds. The largest absolute Gasteiger partial charge is 0.489 e. The molecule has 1 aliphatic rings. The Balaban J connectivity index is 1.07. The van der Waals surface area contributed by atoms with Gasteiger partial charge in [0.1, 0.15) is 17.9 Å². The van der Waals surface area contributed by atoms with Crippen LogP contribution in [0.2, 0.25) is 5.02 Å². The minimum Gasteiger partial charge on any atom is -0.489 e. The van der Waals surface area contributed by atoms with Gasteiger partial charge >= 0.3 is 0 Å². The van der Waals surface area contributed by atoms with Crippen LogP contribution in [-0.4, -0.2) is 50.4 Å². The van der Waals surface area contributed by atoms with E-state index in [-0.39, 0.29) is 18.2 Å². The number of halogens is 1. The maximum absolute atomic E-state index is 13.4. The summed E-state index contributed by atoms with van der Waals surface area (Å²) in [5, 5.41) is 18.5. The molecule has 9 nitrogen and oxygen atoms in total. The lowest BCUT2D eigenvalue weighted by Gasteiger charge is -2.40. The summed E-state index contributed by atoms with van der Waals surface area (Å²) in [6.07, 6.45) is 1.09. The molecule has 1 aliphatic heterocycles. The molecule has 0 atom stereocenters. The van der Waals surface area contributed by atoms with E-state index in [1.165, 1.54) is 0 Å². The Morgan fingerprint density at radius 2 is 1.61 bits per heavy atom. The summed E-state index contributed by atoms with van der Waals surface area (Å²) in [5.74, 6) is 0.917. The summed E-state index contributed by atoms with van der Waals surface area (Å²) in [6.45, 7) is 1.33. The van der Waals surface area contributed by atoms with E-state index in [0.29, 0.717) is 48.9 Å². The molecule has 44 heavy (non-hydrogen) atoms. The highest BCUT2D eigenvalue weighted by molar-refractivity contribution is 6.30. The van der Waals surface area contributed by atoms with Crippen LogP contribution >= 0.6 is 11.6 Å². The number of likely N-dealkylation sites (tertiary alicyclic amines) is 1. The molecule has 0 unspecified atom stereocenters. The number of rotatable bonds is 9. The van der Waals surface area contributed by atoms with Gasteiger partial charge in [0.2, 0.25) is 5.91 Å². The van der Waals surface area contributed by atoms with Gasteiger partial charge in [-0.15, -0.1) is 10.2 Å². The quantitative estimate of drug-likeness (QED) is 0.226. The van der Waals surface area contributed by atoms with E-state index in [0.717, 1.165) is 28.0 Å². The summed E-state index contributed by atoms with van der Waals surface area (Å²) < 4.78 is 5.87. The maximum Gasteiger partial charge on any atom is 0.253 e. The van der Waals surface area contributed by atoms with Gasteiger partial charge in [0.05, 0.1) is 6.42 Å². The molecule has 222 valence electrons. The molecule has 2 N–H and O–H groups in total. The standard InChI is InChI=1S/C34H31ClN6O3/c35-29-8-4-7-28(22-29)26-11-13-27(14-12-26)32(43)41-19-17-34(18-20-41,33-37-39-40-38-33)36-31(42)21-24-9-15-30(16-10-24)44-23-25-5-2-1-3-6-25/h1-16,22H,17-21,23H2,(H,36,42)(H,37,38,39,40). The predicted molar refractivity (Wildman–Crippen MR) is 167 cm³/mol. The Morgan fingerprint density at radius 3 is 2.30 bits per heavy atom. The molecule has 1 fully saturated rings. The molecular formula is C34H31ClN6O3. The smallest absolute Gasteiger partial charge is 0.253 e. The van der Waals surface area contributed by atoms with Gasteiger partial charge in [0, 0.05) is 23.7 Å². The molecule has 1 aromatic heterocycles. The monoisotopic (exact) mass is 606 g/mol. The van der Waals surface area contributed by atoms with Crippen molar-refractivity contribution in [3.05, 3.63) is 131 Å². The average Bonchev–Trinajstić information content (AvgIpc) is 3.61. The normalized spacial score (nSPS) is 14.2. The van der Waals surface area contributed by atoms with Crippen molar-refractivity contribution in [3.8, 4) is 16.9 Å². The summed E-state index contributed by atoms with van der Waals surface area (Å²) in [4.78, 5) is 28.4. The highest BCUT2D eigenvalue weighted by atomic mass is 35.5. The lowest BCUT2D eigenvalue weighted by atomic mass is 9.86. The van der Waals surface area contributed by atoms with E-state index in [9.17, 15) is 9.59 Å². The van der Waals surface area contributed by atoms with Crippen molar-refractivity contribution >= 4 is 23.4 Å². The second kappa shape index (κ2) is 13.1. The first kappa shape index (κ1) is 29.1. The molecule has 0 bridgehead atoms. The van der Waals surface area contributed by atoms with Crippen LogP contribution in [-0.2, 0) is 23.4 Å². The summed E-state index contributed by atoms with van der Waals surface area (Å²) in [7, 11) is 0. The number of aromatic amines is 1. The number of tetrazole rings is 1. The van der Waals surface area contributed by atoms with Crippen molar-refractivity contribution in [1.82, 2.24) is 30.8 Å². The molecule has 6 rings (SSSR count). The number of ether oxygens (including phenoxy) is 1. The topological polar surface area (TPSA) is 113 Å². The van der Waals surface area contributed by atoms with Gasteiger partial charge in [0.25, 0.3) is 5.91 Å². The number of nitrogens with one attached hydrogen (secondary N) is 2. The second-order valence-electron chi connectivity index (χ2n) is 10.8. The van der Waals surface area contributed by atoms with E-state index >= 15 is 0 Å². The Hall–Kier alpha value is -5.02. The fourth-order valence-electron chi connectivity index (χ4n) is 5.46. The minimum absolute atomic E-state index is 0.0646. The van der Waals surface area contributed by atoms with E-state index in [4.69, 9.17) is 16.3 Å². The maximum atomic E-state index is 13.4. The number of piperidine rings is 1. The number of H-pyrrole nitrogens is 1. The van der Waals surface area contributed by atoms with Crippen LogP contribution < -0.4 is 10.1 Å². The lowest BCUT2D eigenvalue weighted by molar-refractivity contribution is -0.123. The van der Waals surface area contributed by atoms with Crippen molar-refractivity contribution in [2.45, 2.75) is 31.4 Å². The fourth-order valence-corrected chi connectivity index (χ4v) is 5.65. The molecule has 4 aromatic carbocycles. The first-order chi connectivity index (χ1) is 21.5. The minimum atomic E-state index is -0.837. The molecule has 5 aromatic rings. The number of carbonyl (C=O) groups excluding carboxylic acids is 2. The molecule has 10 heteroatoms. The number of carbonyl (C=O) groups is 2. The zero-order valence-corrected chi connectivity index (χ0v) is 24.7. The molecule has 1 saturated heterocycles. The van der Waals surface area contributed by atoms with Crippen LogP contribution in [0.4, 0.5) is 0 Å². The molecule has 0 aliphatic carbocycles. The first-order valence-electron chi connectivity index (χ1n) is 14.4. The summed E-state index contributed by atoms with van der Waals surface area (Å²) >= 11 is 6.14. The lowest BCUT2D eigenvalue weighted by Crippen LogP contribution is -2.55. The third-order valence-electron chi connectivity index (χ3n) is 7.88. The summed E-state index contributed by atoms with van der Waals surface area (Å²) in [6, 6.07) is 32.6. The van der Waals surface area contributed by atoms with Crippen LogP contribution in [0.1, 0.15) is 40.2 Å². The number of amides is 2. The predicted octanol–water partition coefficient (Wildman–Crippen LogP) is 5.59. The van der Waals surface area contributed by atoms with Gasteiger partial charge in [-0.25, -0.2) is 0 Å². The van der Waals surface area contributed by atoms with Gasteiger partial charge in [-0.1, -0.05) is 83.5 Å². The molecule has 0 radical (unpaired) electrons. The van der Waals surface area contributed by atoms with Gasteiger partial charge in [0.15, 0.2) is 5.82 Å². The number of hydrogen-bond acceptors (Lipinski definition) is 6. The number of benzene rings is 4. The molecule has 0 saturated carbocycles. The van der Waals surface area contributed by atoms with Crippen molar-refractivity contribution in [2.75, 3.05) is 13.1 Å². The second-order valence-corrected chi connectivity index (χ2v) is 11.3. The molecule has 0 spiro atoms. The third kappa shape index (κ3) is 6.79. The van der Waals surface area contributed by atoms with Crippen molar-refractivity contribution < 1.29 is 14.3 Å². The van der Waals surface area contributed by atoms with Crippen LogP contribution in [0, 0.1) is 0 Å². The van der Waals surface area contributed by atoms with Crippen LogP contribution in [0.5, 0.6) is 5.75 Å². The molecule has 2 heterocycles. The van der Waals surface area contributed by atoms with E-state index in [2.05, 4.69) is 25.9 Å². The highest BCUT2D eigenvalue weighted by Gasteiger charge is 2.42. The van der Waals surface area contributed by atoms with E-state index in [1.807, 2.05) is 103 Å². The van der Waals surface area contributed by atoms with Crippen LogP contribution in [0.3, 0.4) is 0 Å². The highest BCUT2D eigenvalue weighted by Crippen LogP contribution is 2.32. The van der Waals surface area contributed by atoms with Crippen molar-refractivity contribution in [3.63, 3.8) is 0 Å². The van der Waals surface area contributed by atoms with E-state index in [1.54, 1.807) is 4.90 Å². The van der Waals surface area contributed by atoms with Crippen LogP contribution in [0.15, 0.2) is 103 Å². The van der Waals surface area contributed by atoms with E-state index < -0.39 is 5.54 Å². The Bertz CT molecular complexity index is 1700.